The highest BCUT2D eigenvalue weighted by Gasteiger charge is 2.33. The number of amides is 1. The van der Waals surface area contributed by atoms with Gasteiger partial charge in [0.1, 0.15) is 11.7 Å². The molecule has 1 aliphatic rings. The van der Waals surface area contributed by atoms with Gasteiger partial charge in [-0.2, -0.15) is 0 Å². The smallest absolute Gasteiger partial charge is 0.259 e. The van der Waals surface area contributed by atoms with Crippen LogP contribution in [-0.4, -0.2) is 59.8 Å². The Morgan fingerprint density at radius 2 is 2.03 bits per heavy atom. The summed E-state index contributed by atoms with van der Waals surface area (Å²) in [5.41, 5.74) is 1.90. The molecule has 0 bridgehead atoms. The van der Waals surface area contributed by atoms with Gasteiger partial charge in [0.2, 0.25) is 5.88 Å². The Balaban J connectivity index is 2.00. The predicted molar refractivity (Wildman–Crippen MR) is 112 cm³/mol. The van der Waals surface area contributed by atoms with Crippen LogP contribution in [0.3, 0.4) is 0 Å². The number of likely N-dealkylation sites (N-methyl/N-ethyl adjacent to an activating group) is 1. The summed E-state index contributed by atoms with van der Waals surface area (Å²) >= 11 is 0. The Hall–Kier alpha value is -2.88. The third kappa shape index (κ3) is 4.94. The predicted octanol–water partition coefficient (Wildman–Crippen LogP) is 1.92. The number of hydrogen-bond donors (Lipinski definition) is 2. The van der Waals surface area contributed by atoms with Gasteiger partial charge in [0, 0.05) is 36.3 Å². The number of pyridine rings is 1. The maximum Gasteiger partial charge on any atom is 0.259 e. The SMILES string of the molecule is CNC[C@@H]1Oc2ncc(C#Cc3ccccc3)cc2C(=O)N([C@H](C)CO)C[C@@H]1C. The summed E-state index contributed by atoms with van der Waals surface area (Å²) in [5.74, 6) is 6.34. The number of aliphatic hydroxyl groups excluding tert-OH is 1. The molecule has 0 unspecified atom stereocenters. The average Bonchev–Trinajstić information content (AvgIpc) is 2.75. The van der Waals surface area contributed by atoms with Gasteiger partial charge in [-0.05, 0) is 32.2 Å². The fraction of sp³-hybridized carbons (Fsp3) is 0.391. The standard InChI is InChI=1S/C23H27N3O3/c1-16-14-26(17(2)15-27)23(28)20-11-19(10-9-18-7-5-4-6-8-18)12-25-22(20)29-21(16)13-24-3/h4-8,11-12,16-17,21,24,27H,13-15H2,1-3H3/t16-,17+,21-/m0/s1. The third-order valence-corrected chi connectivity index (χ3v) is 5.05. The van der Waals surface area contributed by atoms with E-state index in [1.165, 1.54) is 0 Å². The zero-order valence-electron chi connectivity index (χ0n) is 17.1. The van der Waals surface area contributed by atoms with Crippen LogP contribution in [0.25, 0.3) is 0 Å². The fourth-order valence-electron chi connectivity index (χ4n) is 3.28. The van der Waals surface area contributed by atoms with Gasteiger partial charge in [-0.25, -0.2) is 4.98 Å². The molecule has 2 aromatic rings. The van der Waals surface area contributed by atoms with E-state index in [2.05, 4.69) is 22.1 Å². The van der Waals surface area contributed by atoms with E-state index in [0.717, 1.165) is 5.56 Å². The van der Waals surface area contributed by atoms with E-state index < -0.39 is 0 Å². The van der Waals surface area contributed by atoms with Crippen molar-refractivity contribution < 1.29 is 14.6 Å². The van der Waals surface area contributed by atoms with Crippen LogP contribution < -0.4 is 10.1 Å². The molecule has 0 aliphatic carbocycles. The molecule has 0 fully saturated rings. The first-order valence-electron chi connectivity index (χ1n) is 9.83. The number of ether oxygens (including phenoxy) is 1. The Labute approximate surface area is 171 Å². The third-order valence-electron chi connectivity index (χ3n) is 5.05. The van der Waals surface area contributed by atoms with Gasteiger partial charge < -0.3 is 20.1 Å². The first-order valence-corrected chi connectivity index (χ1v) is 9.83. The number of carbonyl (C=O) groups is 1. The second kappa shape index (κ2) is 9.55. The van der Waals surface area contributed by atoms with Crippen molar-refractivity contribution >= 4 is 5.91 Å². The lowest BCUT2D eigenvalue weighted by Gasteiger charge is -2.36. The van der Waals surface area contributed by atoms with Gasteiger partial charge in [-0.3, -0.25) is 4.79 Å². The summed E-state index contributed by atoms with van der Waals surface area (Å²) in [4.78, 5) is 19.4. The molecule has 1 aromatic carbocycles. The molecule has 0 spiro atoms. The van der Waals surface area contributed by atoms with E-state index in [1.54, 1.807) is 17.2 Å². The number of aromatic nitrogens is 1. The maximum atomic E-state index is 13.3. The molecule has 3 rings (SSSR count). The number of nitrogens with one attached hydrogen (secondary N) is 1. The molecule has 6 nitrogen and oxygen atoms in total. The zero-order valence-corrected chi connectivity index (χ0v) is 17.1. The van der Waals surface area contributed by atoms with E-state index in [1.807, 2.05) is 51.2 Å². The van der Waals surface area contributed by atoms with Gasteiger partial charge in [0.25, 0.3) is 5.91 Å². The van der Waals surface area contributed by atoms with Gasteiger partial charge in [0.05, 0.1) is 12.6 Å². The number of aliphatic hydroxyl groups is 1. The molecule has 2 heterocycles. The van der Waals surface area contributed by atoms with Crippen molar-refractivity contribution in [3.8, 4) is 17.7 Å². The topological polar surface area (TPSA) is 74.7 Å². The first kappa shape index (κ1) is 20.8. The van der Waals surface area contributed by atoms with Crippen LogP contribution in [0, 0.1) is 17.8 Å². The normalized spacial score (nSPS) is 19.9. The summed E-state index contributed by atoms with van der Waals surface area (Å²) in [7, 11) is 1.87. The lowest BCUT2D eigenvalue weighted by atomic mass is 10.0. The van der Waals surface area contributed by atoms with Crippen LogP contribution in [-0.2, 0) is 0 Å². The molecule has 1 aliphatic heterocycles. The number of fused-ring (bicyclic) bond motifs is 1. The molecule has 0 saturated heterocycles. The fourth-order valence-corrected chi connectivity index (χ4v) is 3.28. The summed E-state index contributed by atoms with van der Waals surface area (Å²) in [6.45, 7) is 4.90. The van der Waals surface area contributed by atoms with E-state index in [-0.39, 0.29) is 30.6 Å². The van der Waals surface area contributed by atoms with Crippen molar-refractivity contribution in [3.63, 3.8) is 0 Å². The van der Waals surface area contributed by atoms with Gasteiger partial charge in [-0.15, -0.1) is 0 Å². The highest BCUT2D eigenvalue weighted by atomic mass is 16.5. The molecular weight excluding hydrogens is 366 g/mol. The van der Waals surface area contributed by atoms with E-state index in [4.69, 9.17) is 4.74 Å². The van der Waals surface area contributed by atoms with Gasteiger partial charge in [0.15, 0.2) is 0 Å². The Morgan fingerprint density at radius 1 is 1.31 bits per heavy atom. The maximum absolute atomic E-state index is 13.3. The zero-order chi connectivity index (χ0) is 20.8. The van der Waals surface area contributed by atoms with Crippen LogP contribution in [0.1, 0.15) is 35.3 Å². The molecule has 152 valence electrons. The summed E-state index contributed by atoms with van der Waals surface area (Å²) in [6, 6.07) is 11.1. The second-order valence-electron chi connectivity index (χ2n) is 7.37. The van der Waals surface area contributed by atoms with E-state index in [9.17, 15) is 9.90 Å². The van der Waals surface area contributed by atoms with E-state index >= 15 is 0 Å². The Kier molecular flexibility index (Phi) is 6.86. The van der Waals surface area contributed by atoms with Gasteiger partial charge in [-0.1, -0.05) is 37.0 Å². The number of rotatable bonds is 4. The van der Waals surface area contributed by atoms with Crippen molar-refractivity contribution in [2.45, 2.75) is 26.0 Å². The number of benzene rings is 1. The molecule has 3 atom stereocenters. The molecule has 1 aromatic heterocycles. The largest absolute Gasteiger partial charge is 0.472 e. The van der Waals surface area contributed by atoms with Crippen LogP contribution in [0.15, 0.2) is 42.6 Å². The first-order chi connectivity index (χ1) is 14.0. The molecule has 6 heteroatoms. The van der Waals surface area contributed by atoms with Crippen LogP contribution in [0.4, 0.5) is 0 Å². The van der Waals surface area contributed by atoms with Gasteiger partial charge >= 0.3 is 0 Å². The lowest BCUT2D eigenvalue weighted by molar-refractivity contribution is 0.0404. The second-order valence-corrected chi connectivity index (χ2v) is 7.37. The lowest BCUT2D eigenvalue weighted by Crippen LogP contribution is -2.49. The molecular formula is C23H27N3O3. The number of carbonyl (C=O) groups excluding carboxylic acids is 1. The van der Waals surface area contributed by atoms with Crippen LogP contribution in [0.2, 0.25) is 0 Å². The molecule has 2 N–H and O–H groups in total. The number of nitrogens with zero attached hydrogens (tertiary/aromatic N) is 2. The van der Waals surface area contributed by atoms with Crippen LogP contribution >= 0.6 is 0 Å². The van der Waals surface area contributed by atoms with Crippen LogP contribution in [0.5, 0.6) is 5.88 Å². The minimum Gasteiger partial charge on any atom is -0.472 e. The highest BCUT2D eigenvalue weighted by molar-refractivity contribution is 5.97. The quantitative estimate of drug-likeness (QED) is 0.777. The summed E-state index contributed by atoms with van der Waals surface area (Å²) in [5, 5.41) is 12.8. The van der Waals surface area contributed by atoms with Crippen molar-refractivity contribution in [3.05, 3.63) is 59.3 Å². The average molecular weight is 393 g/mol. The minimum atomic E-state index is -0.301. The molecule has 29 heavy (non-hydrogen) atoms. The highest BCUT2D eigenvalue weighted by Crippen LogP contribution is 2.26. The Bertz CT molecular complexity index is 905. The van der Waals surface area contributed by atoms with E-state index in [0.29, 0.717) is 30.1 Å². The Morgan fingerprint density at radius 3 is 2.72 bits per heavy atom. The molecule has 0 radical (unpaired) electrons. The minimum absolute atomic E-state index is 0.0768. The summed E-state index contributed by atoms with van der Waals surface area (Å²) in [6.07, 6.45) is 1.49. The van der Waals surface area contributed by atoms with Crippen molar-refractivity contribution in [1.29, 1.82) is 0 Å². The summed E-state index contributed by atoms with van der Waals surface area (Å²) < 4.78 is 6.11. The van der Waals surface area contributed by atoms with Crippen molar-refractivity contribution in [1.82, 2.24) is 15.2 Å². The monoisotopic (exact) mass is 393 g/mol. The number of hydrogen-bond acceptors (Lipinski definition) is 5. The van der Waals surface area contributed by atoms with Crippen molar-refractivity contribution in [2.24, 2.45) is 5.92 Å². The molecule has 1 amide bonds. The molecule has 0 saturated carbocycles. The van der Waals surface area contributed by atoms with Crippen molar-refractivity contribution in [2.75, 3.05) is 26.7 Å².